The first-order valence-corrected chi connectivity index (χ1v) is 15.5. The third kappa shape index (κ3) is 3.25. The molecular weight excluding hydrogens is 532 g/mol. The lowest BCUT2D eigenvalue weighted by Gasteiger charge is -2.14. The van der Waals surface area contributed by atoms with E-state index >= 15 is 0 Å². The number of fused-ring (bicyclic) bond motifs is 9. The molecule has 0 amide bonds. The molecule has 3 aromatic heterocycles. The molecule has 0 saturated heterocycles. The van der Waals surface area contributed by atoms with Gasteiger partial charge in [0.25, 0.3) is 0 Å². The smallest absolute Gasteiger partial charge is 0.0620 e. The molecule has 0 unspecified atom stereocenters. The summed E-state index contributed by atoms with van der Waals surface area (Å²) >= 11 is 0. The van der Waals surface area contributed by atoms with Crippen molar-refractivity contribution in [2.24, 2.45) is 0 Å². The molecule has 0 N–H and O–H groups in total. The molecule has 0 bridgehead atoms. The zero-order chi connectivity index (χ0) is 28.8. The van der Waals surface area contributed by atoms with Gasteiger partial charge in [-0.2, -0.15) is 0 Å². The molecule has 3 heterocycles. The Morgan fingerprint density at radius 3 is 2.09 bits per heavy atom. The largest absolute Gasteiger partial charge is 0.310 e. The van der Waals surface area contributed by atoms with Crippen molar-refractivity contribution in [2.45, 2.75) is 12.8 Å². The summed E-state index contributed by atoms with van der Waals surface area (Å²) < 4.78 is 4.93. The van der Waals surface area contributed by atoms with Crippen LogP contribution in [-0.4, -0.2) is 8.97 Å². The summed E-state index contributed by atoms with van der Waals surface area (Å²) in [6.07, 6.45) is 6.80. The molecule has 0 aliphatic heterocycles. The normalized spacial score (nSPS) is 13.2. The molecule has 44 heavy (non-hydrogen) atoms. The third-order valence-corrected chi connectivity index (χ3v) is 9.72. The Morgan fingerprint density at radius 1 is 0.455 bits per heavy atom. The Bertz CT molecular complexity index is 2590. The summed E-state index contributed by atoms with van der Waals surface area (Å²) in [6.45, 7) is 0. The van der Waals surface area contributed by atoms with Gasteiger partial charge in [0.2, 0.25) is 0 Å². The van der Waals surface area contributed by atoms with Gasteiger partial charge in [-0.15, -0.1) is 0 Å². The lowest BCUT2D eigenvalue weighted by atomic mass is 9.98. The lowest BCUT2D eigenvalue weighted by molar-refractivity contribution is 0.968. The fourth-order valence-electron chi connectivity index (χ4n) is 7.76. The van der Waals surface area contributed by atoms with Crippen LogP contribution in [-0.2, 0) is 6.42 Å². The molecule has 0 spiro atoms. The van der Waals surface area contributed by atoms with Gasteiger partial charge in [0.05, 0.1) is 22.1 Å². The van der Waals surface area contributed by atoms with Gasteiger partial charge >= 0.3 is 0 Å². The van der Waals surface area contributed by atoms with Crippen molar-refractivity contribution in [1.82, 2.24) is 8.97 Å². The number of aryl methyl sites for hydroxylation is 1. The van der Waals surface area contributed by atoms with Crippen LogP contribution >= 0.6 is 0 Å². The molecule has 9 aromatic rings. The molecule has 0 radical (unpaired) electrons. The molecule has 6 aromatic carbocycles. The van der Waals surface area contributed by atoms with E-state index in [0.717, 1.165) is 12.8 Å². The van der Waals surface area contributed by atoms with Crippen LogP contribution < -0.4 is 0 Å². The van der Waals surface area contributed by atoms with E-state index in [-0.39, 0.29) is 0 Å². The third-order valence-electron chi connectivity index (χ3n) is 9.72. The minimum Gasteiger partial charge on any atom is -0.310 e. The summed E-state index contributed by atoms with van der Waals surface area (Å²) in [4.78, 5) is 0. The molecular formula is C42H28N2. The predicted molar refractivity (Wildman–Crippen MR) is 186 cm³/mol. The molecule has 0 saturated carbocycles. The van der Waals surface area contributed by atoms with Crippen molar-refractivity contribution in [3.63, 3.8) is 0 Å². The first kappa shape index (κ1) is 23.9. The average Bonchev–Trinajstić information content (AvgIpc) is 3.73. The number of aromatic nitrogens is 2. The van der Waals surface area contributed by atoms with Gasteiger partial charge in [-0.25, -0.2) is 0 Å². The van der Waals surface area contributed by atoms with E-state index in [9.17, 15) is 0 Å². The Balaban J connectivity index is 1.19. The molecule has 0 fully saturated rings. The van der Waals surface area contributed by atoms with E-state index in [1.54, 1.807) is 0 Å². The maximum atomic E-state index is 2.47. The highest BCUT2D eigenvalue weighted by Gasteiger charge is 2.21. The zero-order valence-corrected chi connectivity index (χ0v) is 24.2. The van der Waals surface area contributed by atoms with Crippen LogP contribution in [0.4, 0.5) is 0 Å². The summed E-state index contributed by atoms with van der Waals surface area (Å²) in [7, 11) is 0. The Hall–Kier alpha value is -5.60. The fourth-order valence-corrected chi connectivity index (χ4v) is 7.76. The molecule has 1 aliphatic rings. The van der Waals surface area contributed by atoms with Crippen molar-refractivity contribution in [2.75, 3.05) is 0 Å². The predicted octanol–water partition coefficient (Wildman–Crippen LogP) is 11.1. The highest BCUT2D eigenvalue weighted by Crippen LogP contribution is 2.41. The van der Waals surface area contributed by atoms with Gasteiger partial charge in [-0.3, -0.25) is 0 Å². The van der Waals surface area contributed by atoms with Gasteiger partial charge in [0.1, 0.15) is 0 Å². The Labute approximate surface area is 255 Å². The van der Waals surface area contributed by atoms with Crippen LogP contribution in [0.15, 0.2) is 140 Å². The van der Waals surface area contributed by atoms with Crippen molar-refractivity contribution < 1.29 is 0 Å². The summed E-state index contributed by atoms with van der Waals surface area (Å²) in [5.74, 6) is 0. The van der Waals surface area contributed by atoms with E-state index in [0.29, 0.717) is 0 Å². The fraction of sp³-hybridized carbons (Fsp3) is 0.0476. The first-order chi connectivity index (χ1) is 21.8. The Morgan fingerprint density at radius 2 is 1.16 bits per heavy atom. The van der Waals surface area contributed by atoms with E-state index < -0.39 is 0 Å². The van der Waals surface area contributed by atoms with Gasteiger partial charge in [-0.05, 0) is 83.1 Å². The first-order valence-electron chi connectivity index (χ1n) is 15.5. The van der Waals surface area contributed by atoms with Gasteiger partial charge in [-0.1, -0.05) is 103 Å². The molecule has 206 valence electrons. The topological polar surface area (TPSA) is 9.34 Å². The van der Waals surface area contributed by atoms with Crippen LogP contribution in [0.25, 0.3) is 83.0 Å². The number of hydrogen-bond donors (Lipinski definition) is 0. The number of hydrogen-bond acceptors (Lipinski definition) is 0. The van der Waals surface area contributed by atoms with E-state index in [4.69, 9.17) is 0 Å². The van der Waals surface area contributed by atoms with E-state index in [2.05, 4.69) is 155 Å². The number of para-hydroxylation sites is 2. The lowest BCUT2D eigenvalue weighted by Crippen LogP contribution is -2.00. The number of rotatable bonds is 3. The standard InChI is InChI=1S/C42H28N2/c1-2-10-27(11-3-1)28-12-8-13-31(24-28)43-38-18-6-4-14-32(38)34-22-20-30(26-41(34)43)29-21-23-40-37(25-29)36-17-9-16-35-33-15-5-7-19-39(33)44(40)42(35)36/h1-3,5-13,15-26H,4,14H2. The van der Waals surface area contributed by atoms with Gasteiger partial charge in [0.15, 0.2) is 0 Å². The highest BCUT2D eigenvalue weighted by atomic mass is 15.0. The monoisotopic (exact) mass is 560 g/mol. The van der Waals surface area contributed by atoms with Crippen LogP contribution in [0.2, 0.25) is 0 Å². The summed E-state index contributed by atoms with van der Waals surface area (Å²) in [5.41, 5.74) is 14.1. The minimum atomic E-state index is 1.07. The molecule has 0 atom stereocenters. The number of benzene rings is 6. The minimum absolute atomic E-state index is 1.07. The maximum Gasteiger partial charge on any atom is 0.0620 e. The van der Waals surface area contributed by atoms with Crippen LogP contribution in [0.1, 0.15) is 17.7 Å². The number of allylic oxidation sites excluding steroid dienone is 1. The van der Waals surface area contributed by atoms with E-state index in [1.807, 2.05) is 0 Å². The zero-order valence-electron chi connectivity index (χ0n) is 24.2. The average molecular weight is 561 g/mol. The van der Waals surface area contributed by atoms with Crippen molar-refractivity contribution in [3.05, 3.63) is 151 Å². The number of nitrogens with zero attached hydrogens (tertiary/aromatic N) is 2. The van der Waals surface area contributed by atoms with E-state index in [1.165, 1.54) is 88.2 Å². The van der Waals surface area contributed by atoms with Crippen LogP contribution in [0, 0.1) is 0 Å². The summed E-state index contributed by atoms with van der Waals surface area (Å²) in [5, 5.41) is 6.62. The van der Waals surface area contributed by atoms with Crippen LogP contribution in [0.3, 0.4) is 0 Å². The summed E-state index contributed by atoms with van der Waals surface area (Å²) in [6, 6.07) is 49.3. The van der Waals surface area contributed by atoms with Crippen molar-refractivity contribution in [3.8, 4) is 27.9 Å². The Kier molecular flexibility index (Phi) is 4.86. The second-order valence-corrected chi connectivity index (χ2v) is 12.1. The van der Waals surface area contributed by atoms with Crippen LogP contribution in [0.5, 0.6) is 0 Å². The van der Waals surface area contributed by atoms with Crippen molar-refractivity contribution >= 4 is 55.1 Å². The molecule has 10 rings (SSSR count). The second-order valence-electron chi connectivity index (χ2n) is 12.1. The van der Waals surface area contributed by atoms with Crippen molar-refractivity contribution in [1.29, 1.82) is 0 Å². The van der Waals surface area contributed by atoms with Gasteiger partial charge < -0.3 is 8.97 Å². The molecule has 1 aliphatic carbocycles. The highest BCUT2D eigenvalue weighted by molar-refractivity contribution is 6.23. The molecule has 2 nitrogen and oxygen atoms in total. The maximum absolute atomic E-state index is 2.47. The SMILES string of the molecule is C1=Cc2c(c3ccc(-c4ccc5c(c4)c4cccc6c7ccccc7n5c64)cc3n2-c2cccc(-c3ccccc3)c2)CC1. The quantitative estimate of drug-likeness (QED) is 0.203. The second kappa shape index (κ2) is 8.95. The molecule has 2 heteroatoms. The van der Waals surface area contributed by atoms with Gasteiger partial charge in [0, 0.05) is 38.3 Å².